The largest absolute Gasteiger partial charge is 0.377 e. The minimum atomic E-state index is -0.400. The predicted octanol–water partition coefficient (Wildman–Crippen LogP) is 2.16. The van der Waals surface area contributed by atoms with Crippen molar-refractivity contribution in [2.45, 2.75) is 57.0 Å². The standard InChI is InChI=1S/C21H23N7O2/c1-2-10-7-12(25-17-16(18(29)19(17)30)24-11-3-4-11)8-13(10)21-27-26-15-9-23-20-14(28(15)21)5-6-22-20/h5-6,9-13,22,24-25H,2-4,7-8H2,1H3/t10-,12+,13?/m1/s1. The van der Waals surface area contributed by atoms with Gasteiger partial charge in [-0.1, -0.05) is 13.3 Å². The predicted molar refractivity (Wildman–Crippen MR) is 114 cm³/mol. The summed E-state index contributed by atoms with van der Waals surface area (Å²) in [5.41, 5.74) is 2.67. The highest BCUT2D eigenvalue weighted by atomic mass is 16.2. The molecule has 3 heterocycles. The molecule has 0 amide bonds. The second-order valence-electron chi connectivity index (χ2n) is 8.64. The number of hydrogen-bond acceptors (Lipinski definition) is 7. The van der Waals surface area contributed by atoms with Crippen molar-refractivity contribution in [1.29, 1.82) is 0 Å². The molecule has 154 valence electrons. The number of hydrogen-bond donors (Lipinski definition) is 3. The third-order valence-corrected chi connectivity index (χ3v) is 6.70. The van der Waals surface area contributed by atoms with Crippen molar-refractivity contribution in [3.05, 3.63) is 44.7 Å². The number of H-pyrrole nitrogens is 1. The first kappa shape index (κ1) is 17.6. The van der Waals surface area contributed by atoms with E-state index in [1.165, 1.54) is 0 Å². The fourth-order valence-corrected chi connectivity index (χ4v) is 4.95. The molecular formula is C21H23N7O2. The van der Waals surface area contributed by atoms with Gasteiger partial charge in [0.15, 0.2) is 11.3 Å². The molecule has 2 saturated carbocycles. The molecule has 2 aliphatic rings. The minimum absolute atomic E-state index is 0.124. The molecule has 3 N–H and O–H groups in total. The van der Waals surface area contributed by atoms with Crippen LogP contribution in [-0.4, -0.2) is 36.6 Å². The average Bonchev–Trinajstić information content (AvgIpc) is 3.15. The molecule has 1 unspecified atom stereocenters. The van der Waals surface area contributed by atoms with Crippen LogP contribution in [-0.2, 0) is 0 Å². The molecule has 6 rings (SSSR count). The zero-order valence-corrected chi connectivity index (χ0v) is 16.7. The highest BCUT2D eigenvalue weighted by Crippen LogP contribution is 2.42. The van der Waals surface area contributed by atoms with E-state index >= 15 is 0 Å². The van der Waals surface area contributed by atoms with Crippen LogP contribution in [0.5, 0.6) is 0 Å². The van der Waals surface area contributed by atoms with Crippen LogP contribution in [0.4, 0.5) is 11.4 Å². The van der Waals surface area contributed by atoms with Crippen molar-refractivity contribution in [1.82, 2.24) is 24.6 Å². The molecule has 0 radical (unpaired) electrons. The number of nitrogens with one attached hydrogen (secondary N) is 3. The summed E-state index contributed by atoms with van der Waals surface area (Å²) in [5, 5.41) is 15.5. The van der Waals surface area contributed by atoms with Crippen LogP contribution in [0.3, 0.4) is 0 Å². The number of rotatable bonds is 6. The fourth-order valence-electron chi connectivity index (χ4n) is 4.95. The SMILES string of the molecule is CC[C@@H]1C[C@H](Nc2c(NC3CC3)c(=O)c2=O)CC1c1nnc2cnc3[nH]ccc3n12. The van der Waals surface area contributed by atoms with E-state index in [1.54, 1.807) is 6.20 Å². The minimum Gasteiger partial charge on any atom is -0.377 e. The van der Waals surface area contributed by atoms with Crippen LogP contribution in [0.15, 0.2) is 28.0 Å². The van der Waals surface area contributed by atoms with Crippen LogP contribution in [0.1, 0.15) is 50.8 Å². The maximum Gasteiger partial charge on any atom is 0.253 e. The Morgan fingerprint density at radius 3 is 2.60 bits per heavy atom. The van der Waals surface area contributed by atoms with Gasteiger partial charge >= 0.3 is 0 Å². The zero-order valence-electron chi connectivity index (χ0n) is 16.7. The quantitative estimate of drug-likeness (QED) is 0.421. The topological polar surface area (TPSA) is 117 Å². The fraction of sp³-hybridized carbons (Fsp3) is 0.476. The number of nitrogens with zero attached hydrogens (tertiary/aromatic N) is 4. The maximum atomic E-state index is 12.2. The summed E-state index contributed by atoms with van der Waals surface area (Å²) in [6.07, 6.45) is 8.51. The summed E-state index contributed by atoms with van der Waals surface area (Å²) in [6, 6.07) is 2.46. The molecule has 9 heteroatoms. The first-order chi connectivity index (χ1) is 14.6. The second kappa shape index (κ2) is 6.38. The number of aromatic amines is 1. The van der Waals surface area contributed by atoms with Gasteiger partial charge in [0.05, 0.1) is 11.7 Å². The first-order valence-electron chi connectivity index (χ1n) is 10.7. The van der Waals surface area contributed by atoms with Gasteiger partial charge in [0.25, 0.3) is 10.9 Å². The van der Waals surface area contributed by atoms with Gasteiger partial charge in [-0.05, 0) is 37.7 Å². The molecule has 0 bridgehead atoms. The number of anilines is 2. The molecule has 0 spiro atoms. The van der Waals surface area contributed by atoms with Crippen molar-refractivity contribution in [3.8, 4) is 0 Å². The summed E-state index contributed by atoms with van der Waals surface area (Å²) < 4.78 is 2.09. The summed E-state index contributed by atoms with van der Waals surface area (Å²) >= 11 is 0. The van der Waals surface area contributed by atoms with Gasteiger partial charge in [-0.3, -0.25) is 14.0 Å². The highest BCUT2D eigenvalue weighted by molar-refractivity contribution is 5.75. The lowest BCUT2D eigenvalue weighted by Gasteiger charge is -2.19. The smallest absolute Gasteiger partial charge is 0.253 e. The van der Waals surface area contributed by atoms with E-state index in [4.69, 9.17) is 0 Å². The molecule has 4 aromatic rings. The van der Waals surface area contributed by atoms with Gasteiger partial charge in [0.2, 0.25) is 0 Å². The average molecular weight is 405 g/mol. The Kier molecular flexibility index (Phi) is 3.75. The Hall–Kier alpha value is -3.23. The second-order valence-corrected chi connectivity index (χ2v) is 8.64. The van der Waals surface area contributed by atoms with Crippen molar-refractivity contribution >= 4 is 28.2 Å². The number of aromatic nitrogens is 5. The lowest BCUT2D eigenvalue weighted by atomic mass is 9.93. The van der Waals surface area contributed by atoms with Crippen molar-refractivity contribution in [3.63, 3.8) is 0 Å². The van der Waals surface area contributed by atoms with Crippen LogP contribution >= 0.6 is 0 Å². The van der Waals surface area contributed by atoms with Crippen molar-refractivity contribution in [2.75, 3.05) is 10.6 Å². The Labute approximate surface area is 171 Å². The van der Waals surface area contributed by atoms with E-state index in [0.717, 1.165) is 54.7 Å². The third-order valence-electron chi connectivity index (χ3n) is 6.70. The van der Waals surface area contributed by atoms with Crippen molar-refractivity contribution < 1.29 is 0 Å². The molecule has 30 heavy (non-hydrogen) atoms. The van der Waals surface area contributed by atoms with E-state index < -0.39 is 10.9 Å². The third kappa shape index (κ3) is 2.57. The summed E-state index contributed by atoms with van der Waals surface area (Å²) in [7, 11) is 0. The molecule has 1 aromatic carbocycles. The normalized spacial score (nSPS) is 24.2. The van der Waals surface area contributed by atoms with Gasteiger partial charge in [-0.25, -0.2) is 4.98 Å². The summed E-state index contributed by atoms with van der Waals surface area (Å²) in [5.74, 6) is 1.58. The first-order valence-corrected chi connectivity index (χ1v) is 10.7. The van der Waals surface area contributed by atoms with Gasteiger partial charge in [0.1, 0.15) is 17.2 Å². The van der Waals surface area contributed by atoms with Crippen molar-refractivity contribution in [2.24, 2.45) is 5.92 Å². The van der Waals surface area contributed by atoms with Crippen LogP contribution in [0.2, 0.25) is 0 Å². The Bertz CT molecular complexity index is 1320. The van der Waals surface area contributed by atoms with Crippen LogP contribution < -0.4 is 21.5 Å². The lowest BCUT2D eigenvalue weighted by molar-refractivity contribution is 0.451. The van der Waals surface area contributed by atoms with E-state index in [9.17, 15) is 9.59 Å². The molecule has 2 aliphatic carbocycles. The summed E-state index contributed by atoms with van der Waals surface area (Å²) in [4.78, 5) is 31.7. The summed E-state index contributed by atoms with van der Waals surface area (Å²) in [6.45, 7) is 2.19. The molecule has 2 fully saturated rings. The molecule has 9 nitrogen and oxygen atoms in total. The maximum absolute atomic E-state index is 12.2. The van der Waals surface area contributed by atoms with Crippen LogP contribution in [0, 0.1) is 5.92 Å². The molecule has 3 aromatic heterocycles. The highest BCUT2D eigenvalue weighted by Gasteiger charge is 2.39. The van der Waals surface area contributed by atoms with Gasteiger partial charge < -0.3 is 15.6 Å². The Balaban J connectivity index is 1.31. The molecule has 3 atom stereocenters. The molecular weight excluding hydrogens is 382 g/mol. The van der Waals surface area contributed by atoms with Gasteiger partial charge in [-0.15, -0.1) is 10.2 Å². The number of fused-ring (bicyclic) bond motifs is 3. The molecule has 0 saturated heterocycles. The Morgan fingerprint density at radius 1 is 1.10 bits per heavy atom. The van der Waals surface area contributed by atoms with E-state index in [0.29, 0.717) is 23.3 Å². The molecule has 0 aliphatic heterocycles. The zero-order chi connectivity index (χ0) is 20.4. The van der Waals surface area contributed by atoms with E-state index in [1.807, 2.05) is 12.3 Å². The van der Waals surface area contributed by atoms with Gasteiger partial charge in [-0.2, -0.15) is 0 Å². The lowest BCUT2D eigenvalue weighted by Crippen LogP contribution is -2.39. The van der Waals surface area contributed by atoms with Gasteiger partial charge in [0, 0.05) is 24.2 Å². The van der Waals surface area contributed by atoms with E-state index in [-0.39, 0.29) is 12.0 Å². The van der Waals surface area contributed by atoms with Crippen LogP contribution in [0.25, 0.3) is 16.8 Å². The Morgan fingerprint density at radius 2 is 1.87 bits per heavy atom. The monoisotopic (exact) mass is 405 g/mol. The van der Waals surface area contributed by atoms with E-state index in [2.05, 4.69) is 42.1 Å².